The first-order valence-corrected chi connectivity index (χ1v) is 7.12. The zero-order chi connectivity index (χ0) is 13.7. The van der Waals surface area contributed by atoms with Gasteiger partial charge in [0.15, 0.2) is 0 Å². The van der Waals surface area contributed by atoms with E-state index in [1.54, 1.807) is 16.8 Å². The Labute approximate surface area is 115 Å². The number of amides is 1. The van der Waals surface area contributed by atoms with Gasteiger partial charge in [0.2, 0.25) is 5.91 Å². The van der Waals surface area contributed by atoms with Crippen LogP contribution in [0.25, 0.3) is 10.1 Å². The largest absolute Gasteiger partial charge is 0.388 e. The maximum Gasteiger partial charge on any atom is 0.243 e. The lowest BCUT2D eigenvalue weighted by Crippen LogP contribution is -2.17. The predicted molar refractivity (Wildman–Crippen MR) is 75.2 cm³/mol. The van der Waals surface area contributed by atoms with Gasteiger partial charge in [0.05, 0.1) is 6.10 Å². The molecule has 0 spiro atoms. The van der Waals surface area contributed by atoms with Crippen molar-refractivity contribution in [3.05, 3.63) is 35.2 Å². The van der Waals surface area contributed by atoms with Crippen molar-refractivity contribution in [3.8, 4) is 0 Å². The molecule has 1 aromatic heterocycles. The maximum atomic E-state index is 10.8. The molecule has 19 heavy (non-hydrogen) atoms. The van der Waals surface area contributed by atoms with Crippen molar-refractivity contribution in [1.82, 2.24) is 5.48 Å². The Balaban J connectivity index is 1.85. The van der Waals surface area contributed by atoms with Gasteiger partial charge >= 0.3 is 0 Å². The second kappa shape index (κ2) is 6.65. The SMILES string of the molecule is O=C(CCCCC(O)c1cc2ccccc2s1)NO. The number of rotatable bonds is 6. The minimum atomic E-state index is -0.477. The maximum absolute atomic E-state index is 10.8. The fourth-order valence-electron chi connectivity index (χ4n) is 1.99. The summed E-state index contributed by atoms with van der Waals surface area (Å²) in [5, 5.41) is 19.6. The van der Waals surface area contributed by atoms with E-state index >= 15 is 0 Å². The highest BCUT2D eigenvalue weighted by atomic mass is 32.1. The van der Waals surface area contributed by atoms with E-state index in [9.17, 15) is 9.90 Å². The van der Waals surface area contributed by atoms with Crippen molar-refractivity contribution in [3.63, 3.8) is 0 Å². The van der Waals surface area contributed by atoms with Crippen LogP contribution in [-0.4, -0.2) is 16.2 Å². The number of thiophene rings is 1. The summed E-state index contributed by atoms with van der Waals surface area (Å²) < 4.78 is 1.18. The summed E-state index contributed by atoms with van der Waals surface area (Å²) in [4.78, 5) is 11.8. The van der Waals surface area contributed by atoms with Gasteiger partial charge < -0.3 is 5.11 Å². The molecule has 1 unspecified atom stereocenters. The number of hydrogen-bond acceptors (Lipinski definition) is 4. The molecule has 3 N–H and O–H groups in total. The number of aliphatic hydroxyl groups excluding tert-OH is 1. The topological polar surface area (TPSA) is 69.6 Å². The third-order valence-electron chi connectivity index (χ3n) is 3.03. The fraction of sp³-hybridized carbons (Fsp3) is 0.357. The lowest BCUT2D eigenvalue weighted by atomic mass is 10.1. The Hall–Kier alpha value is -1.43. The summed E-state index contributed by atoms with van der Waals surface area (Å²) in [6, 6.07) is 10.1. The molecular weight excluding hydrogens is 262 g/mol. The molecule has 0 aliphatic heterocycles. The number of hydrogen-bond donors (Lipinski definition) is 3. The molecule has 1 amide bonds. The predicted octanol–water partition coefficient (Wildman–Crippen LogP) is 3.00. The monoisotopic (exact) mass is 279 g/mol. The first-order chi connectivity index (χ1) is 9.20. The van der Waals surface area contributed by atoms with Gasteiger partial charge in [-0.25, -0.2) is 5.48 Å². The van der Waals surface area contributed by atoms with Crippen LogP contribution < -0.4 is 5.48 Å². The zero-order valence-electron chi connectivity index (χ0n) is 10.5. The van der Waals surface area contributed by atoms with E-state index in [-0.39, 0.29) is 12.3 Å². The van der Waals surface area contributed by atoms with Crippen molar-refractivity contribution >= 4 is 27.3 Å². The molecule has 0 fully saturated rings. The Morgan fingerprint density at radius 1 is 1.32 bits per heavy atom. The number of nitrogens with one attached hydrogen (secondary N) is 1. The zero-order valence-corrected chi connectivity index (χ0v) is 11.3. The summed E-state index contributed by atoms with van der Waals surface area (Å²) in [6.07, 6.45) is 1.85. The van der Waals surface area contributed by atoms with E-state index in [1.807, 2.05) is 30.3 Å². The van der Waals surface area contributed by atoms with Crippen LogP contribution in [0.3, 0.4) is 0 Å². The average molecular weight is 279 g/mol. The molecule has 4 nitrogen and oxygen atoms in total. The molecule has 0 aliphatic rings. The van der Waals surface area contributed by atoms with E-state index in [1.165, 1.54) is 4.70 Å². The molecule has 5 heteroatoms. The number of fused-ring (bicyclic) bond motifs is 1. The van der Waals surface area contributed by atoms with E-state index in [2.05, 4.69) is 0 Å². The number of carbonyl (C=O) groups is 1. The third kappa shape index (κ3) is 3.76. The van der Waals surface area contributed by atoms with Gasteiger partial charge in [0.1, 0.15) is 0 Å². The van der Waals surface area contributed by atoms with Gasteiger partial charge in [0.25, 0.3) is 0 Å². The van der Waals surface area contributed by atoms with Crippen LogP contribution in [0.2, 0.25) is 0 Å². The molecule has 0 aliphatic carbocycles. The lowest BCUT2D eigenvalue weighted by Gasteiger charge is -2.07. The van der Waals surface area contributed by atoms with Crippen LogP contribution in [-0.2, 0) is 4.79 Å². The van der Waals surface area contributed by atoms with Crippen LogP contribution >= 0.6 is 11.3 Å². The van der Waals surface area contributed by atoms with Crippen LogP contribution in [0.15, 0.2) is 30.3 Å². The van der Waals surface area contributed by atoms with Gasteiger partial charge in [-0.05, 0) is 36.8 Å². The highest BCUT2D eigenvalue weighted by Crippen LogP contribution is 2.31. The van der Waals surface area contributed by atoms with Crippen molar-refractivity contribution < 1.29 is 15.1 Å². The standard InChI is InChI=1S/C14H17NO3S/c16-11(6-2-4-8-14(17)15-18)13-9-10-5-1-3-7-12(10)19-13/h1,3,5,7,9,11,16,18H,2,4,6,8H2,(H,15,17). The first kappa shape index (κ1) is 14.0. The van der Waals surface area contributed by atoms with Gasteiger partial charge in [0, 0.05) is 16.0 Å². The molecule has 2 rings (SSSR count). The van der Waals surface area contributed by atoms with Crippen LogP contribution in [0.5, 0.6) is 0 Å². The third-order valence-corrected chi connectivity index (χ3v) is 4.25. The summed E-state index contributed by atoms with van der Waals surface area (Å²) in [5.74, 6) is -0.378. The molecule has 0 bridgehead atoms. The summed E-state index contributed by atoms with van der Waals surface area (Å²) in [6.45, 7) is 0. The number of aliphatic hydroxyl groups is 1. The Kier molecular flexibility index (Phi) is 4.90. The van der Waals surface area contributed by atoms with Gasteiger partial charge in [-0.15, -0.1) is 11.3 Å². The Bertz CT molecular complexity index is 519. The van der Waals surface area contributed by atoms with E-state index in [0.717, 1.165) is 16.7 Å². The van der Waals surface area contributed by atoms with Crippen molar-refractivity contribution in [2.75, 3.05) is 0 Å². The van der Waals surface area contributed by atoms with E-state index in [0.29, 0.717) is 12.8 Å². The molecule has 0 saturated carbocycles. The van der Waals surface area contributed by atoms with Gasteiger partial charge in [-0.2, -0.15) is 0 Å². The number of hydroxylamine groups is 1. The lowest BCUT2D eigenvalue weighted by molar-refractivity contribution is -0.129. The summed E-state index contributed by atoms with van der Waals surface area (Å²) in [5.41, 5.74) is 1.60. The molecule has 0 radical (unpaired) electrons. The molecular formula is C14H17NO3S. The molecule has 1 aromatic carbocycles. The average Bonchev–Trinajstić information content (AvgIpc) is 2.87. The van der Waals surface area contributed by atoms with E-state index < -0.39 is 6.10 Å². The van der Waals surface area contributed by atoms with Crippen molar-refractivity contribution in [2.24, 2.45) is 0 Å². The second-order valence-electron chi connectivity index (χ2n) is 4.48. The minimum Gasteiger partial charge on any atom is -0.388 e. The Morgan fingerprint density at radius 3 is 2.84 bits per heavy atom. The smallest absolute Gasteiger partial charge is 0.243 e. The van der Waals surface area contributed by atoms with Crippen LogP contribution in [0.1, 0.15) is 36.7 Å². The number of unbranched alkanes of at least 4 members (excludes halogenated alkanes) is 1. The molecule has 0 saturated heterocycles. The normalized spacial score (nSPS) is 12.5. The summed E-state index contributed by atoms with van der Waals surface area (Å²) >= 11 is 1.60. The van der Waals surface area contributed by atoms with E-state index in [4.69, 9.17) is 5.21 Å². The molecule has 1 atom stereocenters. The number of carbonyl (C=O) groups excluding carboxylic acids is 1. The van der Waals surface area contributed by atoms with Gasteiger partial charge in [-0.3, -0.25) is 10.0 Å². The fourth-order valence-corrected chi connectivity index (χ4v) is 3.07. The Morgan fingerprint density at radius 2 is 2.11 bits per heavy atom. The quantitative estimate of drug-likeness (QED) is 0.432. The second-order valence-corrected chi connectivity index (χ2v) is 5.60. The highest BCUT2D eigenvalue weighted by molar-refractivity contribution is 7.19. The summed E-state index contributed by atoms with van der Waals surface area (Å²) in [7, 11) is 0. The van der Waals surface area contributed by atoms with Crippen molar-refractivity contribution in [1.29, 1.82) is 0 Å². The van der Waals surface area contributed by atoms with Crippen LogP contribution in [0.4, 0.5) is 0 Å². The molecule has 1 heterocycles. The van der Waals surface area contributed by atoms with Crippen molar-refractivity contribution in [2.45, 2.75) is 31.8 Å². The number of benzene rings is 1. The first-order valence-electron chi connectivity index (χ1n) is 6.30. The molecule has 2 aromatic rings. The van der Waals surface area contributed by atoms with Gasteiger partial charge in [-0.1, -0.05) is 18.2 Å². The minimum absolute atomic E-state index is 0.287. The van der Waals surface area contributed by atoms with Crippen LogP contribution in [0, 0.1) is 0 Å². The highest BCUT2D eigenvalue weighted by Gasteiger charge is 2.11. The molecule has 102 valence electrons.